The summed E-state index contributed by atoms with van der Waals surface area (Å²) in [6.07, 6.45) is 2.75. The maximum absolute atomic E-state index is 7.58. The van der Waals surface area contributed by atoms with E-state index in [0.29, 0.717) is 6.42 Å². The molecule has 0 saturated carbocycles. The maximum atomic E-state index is 7.58. The van der Waals surface area contributed by atoms with Crippen molar-refractivity contribution in [3.63, 3.8) is 0 Å². The Morgan fingerprint density at radius 3 is 2.56 bits per heavy atom. The lowest BCUT2D eigenvalue weighted by molar-refractivity contribution is -0.659. The molecule has 0 unspecified atom stereocenters. The van der Waals surface area contributed by atoms with Crippen molar-refractivity contribution in [1.82, 2.24) is 0 Å². The second kappa shape index (κ2) is 6.84. The van der Waals surface area contributed by atoms with E-state index < -0.39 is 5.54 Å². The Bertz CT molecular complexity index is 1730. The van der Waals surface area contributed by atoms with Gasteiger partial charge < -0.3 is 14.0 Å². The minimum absolute atomic E-state index is 0.491. The number of benzene rings is 3. The molecular formula is C30H27N2O2+. The van der Waals surface area contributed by atoms with Gasteiger partial charge in [0.25, 0.3) is 0 Å². The number of aryl methyl sites for hydroxylation is 3. The maximum Gasteiger partial charge on any atom is 0.231 e. The molecule has 5 aromatic rings. The van der Waals surface area contributed by atoms with E-state index in [2.05, 4.69) is 79.8 Å². The Kier molecular flexibility index (Phi) is 4.17. The van der Waals surface area contributed by atoms with Gasteiger partial charge in [-0.3, -0.25) is 0 Å². The van der Waals surface area contributed by atoms with Crippen LogP contribution >= 0.6 is 0 Å². The number of fused-ring (bicyclic) bond motifs is 6. The second-order valence-corrected chi connectivity index (χ2v) is 10.3. The highest BCUT2D eigenvalue weighted by atomic mass is 16.5. The fourth-order valence-corrected chi connectivity index (χ4v) is 5.45. The normalized spacial score (nSPS) is 12.7. The molecule has 0 bridgehead atoms. The van der Waals surface area contributed by atoms with Gasteiger partial charge in [-0.15, -0.1) is 0 Å². The molecule has 0 aliphatic carbocycles. The number of aromatic nitrogens is 1. The third-order valence-electron chi connectivity index (χ3n) is 7.27. The Balaban J connectivity index is 1.76. The number of hydrogen-bond acceptors (Lipinski definition) is 2. The van der Waals surface area contributed by atoms with Crippen LogP contribution in [-0.4, -0.2) is 5.54 Å². The van der Waals surface area contributed by atoms with Gasteiger partial charge in [0.05, 0.1) is 22.8 Å². The van der Waals surface area contributed by atoms with Crippen molar-refractivity contribution in [2.24, 2.45) is 7.05 Å². The largest absolute Gasteiger partial charge is 0.456 e. The van der Waals surface area contributed by atoms with Crippen molar-refractivity contribution < 1.29 is 13.7 Å². The Labute approximate surface area is 199 Å². The number of ether oxygens (including phenoxy) is 1. The molecule has 6 rings (SSSR count). The molecule has 0 amide bonds. The van der Waals surface area contributed by atoms with Gasteiger partial charge in [-0.25, -0.2) is 11.1 Å². The van der Waals surface area contributed by atoms with Crippen LogP contribution in [0.3, 0.4) is 0 Å². The van der Waals surface area contributed by atoms with Crippen molar-refractivity contribution in [2.45, 2.75) is 46.6 Å². The van der Waals surface area contributed by atoms with E-state index in [1.54, 1.807) is 0 Å². The SMILES string of the molecule is [C-]#[N+]C(C)(C)Cc1cccc2c1oc1cc3cc[n+](C)c4c3c(c12)Oc1c(C)cc(C)c(C)c1-4. The molecule has 3 heterocycles. The van der Waals surface area contributed by atoms with Gasteiger partial charge in [0, 0.05) is 36.2 Å². The van der Waals surface area contributed by atoms with Gasteiger partial charge in [-0.2, -0.15) is 0 Å². The molecule has 2 aromatic heterocycles. The molecule has 3 aromatic carbocycles. The molecule has 0 saturated heterocycles. The van der Waals surface area contributed by atoms with E-state index in [-0.39, 0.29) is 0 Å². The Hall–Kier alpha value is -3.84. The summed E-state index contributed by atoms with van der Waals surface area (Å²) in [6.45, 7) is 18.0. The number of furan rings is 1. The average Bonchev–Trinajstić information content (AvgIpc) is 3.18. The first-order valence-electron chi connectivity index (χ1n) is 11.7. The summed E-state index contributed by atoms with van der Waals surface area (Å²) in [6, 6.07) is 12.7. The van der Waals surface area contributed by atoms with E-state index in [9.17, 15) is 0 Å². The molecule has 34 heavy (non-hydrogen) atoms. The van der Waals surface area contributed by atoms with Gasteiger partial charge in [0.2, 0.25) is 11.2 Å². The molecule has 0 spiro atoms. The zero-order valence-corrected chi connectivity index (χ0v) is 20.5. The molecule has 0 radical (unpaired) electrons. The van der Waals surface area contributed by atoms with Crippen molar-refractivity contribution in [2.75, 3.05) is 0 Å². The smallest absolute Gasteiger partial charge is 0.231 e. The number of hydrogen-bond donors (Lipinski definition) is 0. The van der Waals surface area contributed by atoms with Crippen LogP contribution in [-0.2, 0) is 13.5 Å². The van der Waals surface area contributed by atoms with Crippen LogP contribution in [0.25, 0.3) is 48.8 Å². The number of para-hydroxylation sites is 1. The molecule has 4 heteroatoms. The monoisotopic (exact) mass is 447 g/mol. The van der Waals surface area contributed by atoms with Crippen molar-refractivity contribution >= 4 is 32.7 Å². The first-order valence-corrected chi connectivity index (χ1v) is 11.7. The zero-order chi connectivity index (χ0) is 23.9. The molecule has 0 atom stereocenters. The molecule has 4 nitrogen and oxygen atoms in total. The third-order valence-corrected chi connectivity index (χ3v) is 7.27. The molecule has 168 valence electrons. The topological polar surface area (TPSA) is 30.6 Å². The lowest BCUT2D eigenvalue weighted by Crippen LogP contribution is -2.32. The minimum atomic E-state index is -0.491. The van der Waals surface area contributed by atoms with Crippen LogP contribution in [0.15, 0.2) is 47.0 Å². The van der Waals surface area contributed by atoms with E-state index in [1.807, 2.05) is 13.8 Å². The average molecular weight is 448 g/mol. The third kappa shape index (κ3) is 2.73. The molecule has 1 aliphatic heterocycles. The summed E-state index contributed by atoms with van der Waals surface area (Å²) in [7, 11) is 2.10. The van der Waals surface area contributed by atoms with Gasteiger partial charge in [0.1, 0.15) is 24.0 Å². The molecule has 0 N–H and O–H groups in total. The second-order valence-electron chi connectivity index (χ2n) is 10.3. The minimum Gasteiger partial charge on any atom is -0.456 e. The summed E-state index contributed by atoms with van der Waals surface area (Å²) >= 11 is 0. The van der Waals surface area contributed by atoms with Gasteiger partial charge in [-0.1, -0.05) is 24.3 Å². The highest BCUT2D eigenvalue weighted by Gasteiger charge is 2.34. The summed E-state index contributed by atoms with van der Waals surface area (Å²) in [5.74, 6) is 1.78. The van der Waals surface area contributed by atoms with Gasteiger partial charge >= 0.3 is 0 Å². The number of pyridine rings is 1. The Morgan fingerprint density at radius 1 is 1.00 bits per heavy atom. The summed E-state index contributed by atoms with van der Waals surface area (Å²) < 4.78 is 15.5. The highest BCUT2D eigenvalue weighted by Crippen LogP contribution is 2.52. The first-order chi connectivity index (χ1) is 16.2. The van der Waals surface area contributed by atoms with Crippen LogP contribution in [0.5, 0.6) is 11.5 Å². The van der Waals surface area contributed by atoms with Crippen molar-refractivity contribution in [1.29, 1.82) is 0 Å². The number of rotatable bonds is 2. The number of nitrogens with zero attached hydrogens (tertiary/aromatic N) is 2. The lowest BCUT2D eigenvalue weighted by atomic mass is 9.90. The molecular weight excluding hydrogens is 420 g/mol. The van der Waals surface area contributed by atoms with E-state index in [0.717, 1.165) is 55.3 Å². The fourth-order valence-electron chi connectivity index (χ4n) is 5.45. The summed E-state index contributed by atoms with van der Waals surface area (Å²) in [4.78, 5) is 3.82. The van der Waals surface area contributed by atoms with Gasteiger partial charge in [0.15, 0.2) is 11.9 Å². The standard InChI is InChI=1S/C30H27N2O2/c1-16-13-17(2)27-23(18(16)3)26-24-19(11-12-32(26)7)14-22-25(29(24)34-27)21-10-8-9-20(28(21)33-22)15-30(4,5)31-6/h8-14H,15H2,1-5,7H3/q+1. The van der Waals surface area contributed by atoms with Crippen LogP contribution in [0.4, 0.5) is 0 Å². The van der Waals surface area contributed by atoms with Crippen molar-refractivity contribution in [3.8, 4) is 22.8 Å². The predicted octanol–water partition coefficient (Wildman–Crippen LogP) is 7.50. The van der Waals surface area contributed by atoms with Crippen molar-refractivity contribution in [3.05, 3.63) is 76.3 Å². The highest BCUT2D eigenvalue weighted by molar-refractivity contribution is 6.19. The summed E-state index contributed by atoms with van der Waals surface area (Å²) in [5, 5.41) is 4.25. The van der Waals surface area contributed by atoms with E-state index >= 15 is 0 Å². The Morgan fingerprint density at radius 2 is 1.79 bits per heavy atom. The summed E-state index contributed by atoms with van der Waals surface area (Å²) in [5.41, 5.74) is 8.21. The quantitative estimate of drug-likeness (QED) is 0.203. The van der Waals surface area contributed by atoms with E-state index in [1.165, 1.54) is 22.4 Å². The van der Waals surface area contributed by atoms with Crippen LogP contribution in [0.1, 0.15) is 36.1 Å². The fraction of sp³-hybridized carbons (Fsp3) is 0.267. The predicted molar refractivity (Wildman–Crippen MR) is 137 cm³/mol. The lowest BCUT2D eigenvalue weighted by Gasteiger charge is -2.23. The van der Waals surface area contributed by atoms with Gasteiger partial charge in [-0.05, 0) is 43.5 Å². The van der Waals surface area contributed by atoms with E-state index in [4.69, 9.17) is 15.7 Å². The molecule has 0 fully saturated rings. The van der Waals surface area contributed by atoms with Crippen LogP contribution in [0, 0.1) is 27.3 Å². The molecule has 1 aliphatic rings. The zero-order valence-electron chi connectivity index (χ0n) is 20.5. The first kappa shape index (κ1) is 20.7. The van der Waals surface area contributed by atoms with Crippen LogP contribution < -0.4 is 9.30 Å². The van der Waals surface area contributed by atoms with Crippen LogP contribution in [0.2, 0.25) is 0 Å².